The third kappa shape index (κ3) is 11.5. The first kappa shape index (κ1) is 11.7. The zero-order valence-corrected chi connectivity index (χ0v) is 6.83. The fourth-order valence-electron chi connectivity index (χ4n) is 0.0898. The molecule has 0 aliphatic rings. The maximum absolute atomic E-state index is 6.66. The summed E-state index contributed by atoms with van der Waals surface area (Å²) in [5, 5.41) is 13.2. The van der Waals surface area contributed by atoms with Crippen molar-refractivity contribution in [1.82, 2.24) is 0 Å². The number of nitrogens with one attached hydrogen (secondary N) is 2. The summed E-state index contributed by atoms with van der Waals surface area (Å²) in [6.45, 7) is 0. The van der Waals surface area contributed by atoms with Crippen molar-refractivity contribution in [1.29, 1.82) is 10.8 Å². The predicted octanol–water partition coefficient (Wildman–Crippen LogP) is 0.577. The normalized spacial score (nSPS) is 7.56. The van der Waals surface area contributed by atoms with Gasteiger partial charge in [-0.05, 0) is 21.6 Å². The van der Waals surface area contributed by atoms with E-state index in [2.05, 4.69) is 0 Å². The maximum atomic E-state index is 6.66. The summed E-state index contributed by atoms with van der Waals surface area (Å²) in [4.78, 5) is 0. The first-order valence-electron chi connectivity index (χ1n) is 1.65. The van der Waals surface area contributed by atoms with E-state index < -0.39 is 0 Å². The number of amidine groups is 2. The Labute approximate surface area is 67.0 Å². The molecule has 4 nitrogen and oxygen atoms in total. The van der Waals surface area contributed by atoms with Crippen molar-refractivity contribution in [2.45, 2.75) is 0 Å². The van der Waals surface area contributed by atoms with Crippen molar-refractivity contribution in [3.63, 3.8) is 0 Å². The Hall–Kier alpha value is -0.0700. The summed E-state index contributed by atoms with van der Waals surface area (Å²) < 4.78 is 0. The van der Waals surface area contributed by atoms with Gasteiger partial charge in [0.25, 0.3) is 0 Å². The predicted molar refractivity (Wildman–Crippen MR) is 46.3 cm³/mol. The third-order valence-electron chi connectivity index (χ3n) is 0.221. The molecule has 0 saturated heterocycles. The average Bonchev–Trinajstić information content (AvgIpc) is 1.61. The first-order valence-corrected chi connectivity index (χ1v) is 3.80. The van der Waals surface area contributed by atoms with Gasteiger partial charge in [-0.15, -0.1) is 12.4 Å². The minimum Gasteiger partial charge on any atom is -0.378 e. The van der Waals surface area contributed by atoms with Crippen molar-refractivity contribution >= 4 is 44.3 Å². The molecule has 0 heterocycles. The highest BCUT2D eigenvalue weighted by Crippen LogP contribution is 2.18. The SMILES string of the molecule is Cl.N=C(N)SSC(=N)N. The largest absolute Gasteiger partial charge is 0.378 e. The van der Waals surface area contributed by atoms with E-state index in [1.807, 2.05) is 0 Å². The summed E-state index contributed by atoms with van der Waals surface area (Å²) in [5.41, 5.74) is 9.83. The molecule has 0 radical (unpaired) electrons. The summed E-state index contributed by atoms with van der Waals surface area (Å²) in [6, 6.07) is 0. The molecule has 0 aromatic heterocycles. The van der Waals surface area contributed by atoms with Gasteiger partial charge in [-0.1, -0.05) is 0 Å². The Morgan fingerprint density at radius 3 is 1.33 bits per heavy atom. The summed E-state index contributed by atoms with van der Waals surface area (Å²) in [5.74, 6) is 0. The van der Waals surface area contributed by atoms with Crippen LogP contribution in [0.4, 0.5) is 0 Å². The molecule has 0 rings (SSSR count). The second-order valence-electron chi connectivity index (χ2n) is 0.895. The zero-order chi connectivity index (χ0) is 6.57. The fourth-order valence-corrected chi connectivity index (χ4v) is 0.808. The smallest absolute Gasteiger partial charge is 0.162 e. The Bertz CT molecular complexity index is 101. The zero-order valence-electron chi connectivity index (χ0n) is 4.38. The van der Waals surface area contributed by atoms with E-state index in [1.54, 1.807) is 0 Å². The van der Waals surface area contributed by atoms with Gasteiger partial charge in [0.05, 0.1) is 0 Å². The van der Waals surface area contributed by atoms with E-state index in [0.29, 0.717) is 0 Å². The summed E-state index contributed by atoms with van der Waals surface area (Å²) in [7, 11) is 1.94. The highest BCUT2D eigenvalue weighted by Gasteiger charge is 1.91. The van der Waals surface area contributed by atoms with Crippen LogP contribution in [0.2, 0.25) is 0 Å². The van der Waals surface area contributed by atoms with Crippen molar-refractivity contribution in [3.05, 3.63) is 0 Å². The van der Waals surface area contributed by atoms with Crippen LogP contribution in [0.25, 0.3) is 0 Å². The Balaban J connectivity index is 0. The van der Waals surface area contributed by atoms with E-state index in [1.165, 1.54) is 0 Å². The first-order chi connectivity index (χ1) is 3.63. The maximum Gasteiger partial charge on any atom is 0.162 e. The van der Waals surface area contributed by atoms with Crippen LogP contribution in [0, 0.1) is 10.8 Å². The van der Waals surface area contributed by atoms with Crippen LogP contribution in [0.1, 0.15) is 0 Å². The molecule has 6 N–H and O–H groups in total. The van der Waals surface area contributed by atoms with Gasteiger partial charge < -0.3 is 11.5 Å². The quantitative estimate of drug-likeness (QED) is 0.253. The number of nitrogens with two attached hydrogens (primary N) is 2. The van der Waals surface area contributed by atoms with Crippen LogP contribution in [0.15, 0.2) is 0 Å². The number of rotatable bonds is 0. The summed E-state index contributed by atoms with van der Waals surface area (Å²) in [6.07, 6.45) is 0. The van der Waals surface area contributed by atoms with Gasteiger partial charge in [0.1, 0.15) is 0 Å². The number of hydrogen-bond donors (Lipinski definition) is 4. The van der Waals surface area contributed by atoms with Crippen LogP contribution in [0.5, 0.6) is 0 Å². The lowest BCUT2D eigenvalue weighted by molar-refractivity contribution is 1.50. The van der Waals surface area contributed by atoms with Gasteiger partial charge in [0.15, 0.2) is 10.3 Å². The van der Waals surface area contributed by atoms with Gasteiger partial charge in [-0.25, -0.2) is 0 Å². The molecule has 7 heteroatoms. The van der Waals surface area contributed by atoms with Gasteiger partial charge in [0.2, 0.25) is 0 Å². The van der Waals surface area contributed by atoms with Crippen molar-refractivity contribution in [2.24, 2.45) is 11.5 Å². The third-order valence-corrected chi connectivity index (χ3v) is 1.99. The van der Waals surface area contributed by atoms with Crippen molar-refractivity contribution in [2.75, 3.05) is 0 Å². The van der Waals surface area contributed by atoms with Gasteiger partial charge >= 0.3 is 0 Å². The van der Waals surface area contributed by atoms with E-state index >= 15 is 0 Å². The molecule has 0 atom stereocenters. The molecule has 54 valence electrons. The lowest BCUT2D eigenvalue weighted by Gasteiger charge is -1.91. The van der Waals surface area contributed by atoms with Gasteiger partial charge in [-0.2, -0.15) is 0 Å². The van der Waals surface area contributed by atoms with Gasteiger partial charge in [-0.3, -0.25) is 10.8 Å². The topological polar surface area (TPSA) is 99.7 Å². The second kappa shape index (κ2) is 6.06. The molecule has 9 heavy (non-hydrogen) atoms. The van der Waals surface area contributed by atoms with E-state index in [4.69, 9.17) is 22.3 Å². The molecule has 0 aromatic carbocycles. The van der Waals surface area contributed by atoms with Crippen molar-refractivity contribution in [3.8, 4) is 0 Å². The van der Waals surface area contributed by atoms with Gasteiger partial charge in [0, 0.05) is 0 Å². The van der Waals surface area contributed by atoms with E-state index in [-0.39, 0.29) is 22.7 Å². The lowest BCUT2D eigenvalue weighted by Crippen LogP contribution is -2.06. The van der Waals surface area contributed by atoms with Crippen molar-refractivity contribution < 1.29 is 0 Å². The molecule has 0 spiro atoms. The Morgan fingerprint density at radius 2 is 1.22 bits per heavy atom. The second-order valence-corrected chi connectivity index (χ2v) is 3.11. The van der Waals surface area contributed by atoms with Crippen LogP contribution in [-0.2, 0) is 0 Å². The van der Waals surface area contributed by atoms with E-state index in [9.17, 15) is 0 Å². The molecule has 0 amide bonds. The Kier molecular flexibility index (Phi) is 7.87. The average molecular weight is 187 g/mol. The molecular weight excluding hydrogens is 180 g/mol. The van der Waals surface area contributed by atoms with Crippen LogP contribution >= 0.6 is 34.0 Å². The monoisotopic (exact) mass is 186 g/mol. The number of hydrogen-bond acceptors (Lipinski definition) is 4. The van der Waals surface area contributed by atoms with Crippen LogP contribution in [-0.4, -0.2) is 10.3 Å². The molecule has 0 aromatic rings. The molecule has 0 unspecified atom stereocenters. The van der Waals surface area contributed by atoms with Crippen LogP contribution < -0.4 is 11.5 Å². The molecule has 0 saturated carbocycles. The molecule has 0 bridgehead atoms. The Morgan fingerprint density at radius 1 is 1.00 bits per heavy atom. The van der Waals surface area contributed by atoms with E-state index in [0.717, 1.165) is 21.6 Å². The molecular formula is C2H7ClN4S2. The minimum absolute atomic E-state index is 0. The molecule has 0 fully saturated rings. The molecule has 0 aliphatic carbocycles. The number of halogens is 1. The fraction of sp³-hybridized carbons (Fsp3) is 0. The lowest BCUT2D eigenvalue weighted by atomic mass is 11.4. The highest BCUT2D eigenvalue weighted by atomic mass is 35.5. The van der Waals surface area contributed by atoms with Crippen LogP contribution in [0.3, 0.4) is 0 Å². The standard InChI is InChI=1S/C2H6N4S2.ClH/c3-1(4)7-8-2(5)6;/h(H3,3,4)(H3,5,6);1H. The summed E-state index contributed by atoms with van der Waals surface area (Å²) >= 11 is 0. The minimum atomic E-state index is -0.0369. The molecule has 0 aliphatic heterocycles. The highest BCUT2D eigenvalue weighted by molar-refractivity contribution is 8.87.